The van der Waals surface area contributed by atoms with Gasteiger partial charge in [-0.2, -0.15) is 0 Å². The van der Waals surface area contributed by atoms with Gasteiger partial charge >= 0.3 is 0 Å². The molecule has 6 nitrogen and oxygen atoms in total. The Morgan fingerprint density at radius 1 is 1.11 bits per heavy atom. The van der Waals surface area contributed by atoms with E-state index in [1.807, 2.05) is 24.3 Å². The molecule has 0 bridgehead atoms. The second-order valence-corrected chi connectivity index (χ2v) is 7.21. The predicted molar refractivity (Wildman–Crippen MR) is 109 cm³/mol. The smallest absolute Gasteiger partial charge is 0.229 e. The zero-order valence-electron chi connectivity index (χ0n) is 16.7. The number of benzene rings is 2. The number of carbonyl (C=O) groups is 2. The third kappa shape index (κ3) is 4.11. The zero-order valence-corrected chi connectivity index (χ0v) is 16.7. The molecule has 1 saturated heterocycles. The van der Waals surface area contributed by atoms with Crippen molar-refractivity contribution in [3.8, 4) is 11.5 Å². The van der Waals surface area contributed by atoms with Gasteiger partial charge in [0.2, 0.25) is 11.8 Å². The van der Waals surface area contributed by atoms with Gasteiger partial charge in [-0.3, -0.25) is 9.59 Å². The molecule has 3 rings (SSSR count). The van der Waals surface area contributed by atoms with Gasteiger partial charge < -0.3 is 19.7 Å². The van der Waals surface area contributed by atoms with E-state index in [4.69, 9.17) is 9.47 Å². The number of methoxy groups -OCH3 is 2. The van der Waals surface area contributed by atoms with Gasteiger partial charge in [0.1, 0.15) is 11.5 Å². The molecule has 1 aliphatic rings. The summed E-state index contributed by atoms with van der Waals surface area (Å²) in [5.41, 5.74) is 2.56. The number of hydrogen-bond acceptors (Lipinski definition) is 4. The summed E-state index contributed by atoms with van der Waals surface area (Å²) >= 11 is 0. The summed E-state index contributed by atoms with van der Waals surface area (Å²) in [4.78, 5) is 26.9. The van der Waals surface area contributed by atoms with Crippen molar-refractivity contribution in [3.05, 3.63) is 48.0 Å². The highest BCUT2D eigenvalue weighted by Crippen LogP contribution is 2.36. The first kappa shape index (κ1) is 19.7. The Kier molecular flexibility index (Phi) is 5.87. The lowest BCUT2D eigenvalue weighted by Gasteiger charge is -2.20. The minimum absolute atomic E-state index is 0.109. The molecule has 0 aliphatic carbocycles. The highest BCUT2D eigenvalue weighted by molar-refractivity contribution is 6.04. The summed E-state index contributed by atoms with van der Waals surface area (Å²) in [5.74, 6) is 0.940. The van der Waals surface area contributed by atoms with Crippen LogP contribution in [0, 0.1) is 5.92 Å². The minimum Gasteiger partial charge on any atom is -0.497 e. The lowest BCUT2D eigenvalue weighted by Crippen LogP contribution is -2.28. The van der Waals surface area contributed by atoms with E-state index in [0.717, 1.165) is 5.69 Å². The average molecular weight is 382 g/mol. The van der Waals surface area contributed by atoms with E-state index in [9.17, 15) is 9.59 Å². The van der Waals surface area contributed by atoms with Crippen molar-refractivity contribution in [1.82, 2.24) is 0 Å². The molecular weight excluding hydrogens is 356 g/mol. The van der Waals surface area contributed by atoms with Crippen LogP contribution < -0.4 is 19.7 Å². The molecule has 0 saturated carbocycles. The molecule has 1 N–H and O–H groups in total. The van der Waals surface area contributed by atoms with E-state index >= 15 is 0 Å². The van der Waals surface area contributed by atoms with Gasteiger partial charge in [-0.15, -0.1) is 0 Å². The van der Waals surface area contributed by atoms with E-state index in [1.54, 1.807) is 37.3 Å². The topological polar surface area (TPSA) is 67.9 Å². The molecule has 0 radical (unpaired) electrons. The molecule has 2 aromatic rings. The number of ether oxygens (including phenoxy) is 2. The number of rotatable bonds is 6. The number of nitrogens with zero attached hydrogens (tertiary/aromatic N) is 1. The third-order valence-corrected chi connectivity index (χ3v) is 5.02. The van der Waals surface area contributed by atoms with Crippen molar-refractivity contribution in [2.45, 2.75) is 26.2 Å². The first-order chi connectivity index (χ1) is 13.4. The van der Waals surface area contributed by atoms with Crippen molar-refractivity contribution >= 4 is 23.2 Å². The average Bonchev–Trinajstić information content (AvgIpc) is 3.09. The number of carbonyl (C=O) groups excluding carboxylic acids is 2. The number of hydrogen-bond donors (Lipinski definition) is 1. The van der Waals surface area contributed by atoms with Crippen LogP contribution in [0.25, 0.3) is 0 Å². The van der Waals surface area contributed by atoms with Gasteiger partial charge in [0, 0.05) is 24.7 Å². The van der Waals surface area contributed by atoms with Crippen LogP contribution in [0.2, 0.25) is 0 Å². The molecule has 1 aliphatic heterocycles. The summed E-state index contributed by atoms with van der Waals surface area (Å²) in [5, 5.41) is 2.92. The maximum atomic E-state index is 12.7. The highest BCUT2D eigenvalue weighted by atomic mass is 16.5. The summed E-state index contributed by atoms with van der Waals surface area (Å²) in [6, 6.07) is 13.1. The number of amides is 2. The molecule has 6 heteroatoms. The SMILES string of the molecule is COc1ccc(OC)c(N2C[C@@H](C(=O)Nc3ccc(C(C)C)cc3)CC2=O)c1. The van der Waals surface area contributed by atoms with Crippen LogP contribution in [-0.4, -0.2) is 32.6 Å². The summed E-state index contributed by atoms with van der Waals surface area (Å²) < 4.78 is 10.6. The fourth-order valence-electron chi connectivity index (χ4n) is 3.32. The molecule has 2 amide bonds. The second-order valence-electron chi connectivity index (χ2n) is 7.21. The Hall–Kier alpha value is -3.02. The van der Waals surface area contributed by atoms with E-state index < -0.39 is 5.92 Å². The van der Waals surface area contributed by atoms with E-state index in [-0.39, 0.29) is 18.2 Å². The largest absolute Gasteiger partial charge is 0.497 e. The first-order valence-electron chi connectivity index (χ1n) is 9.36. The predicted octanol–water partition coefficient (Wildman–Crippen LogP) is 3.82. The lowest BCUT2D eigenvalue weighted by molar-refractivity contribution is -0.122. The van der Waals surface area contributed by atoms with Gasteiger partial charge in [-0.05, 0) is 35.7 Å². The van der Waals surface area contributed by atoms with E-state index in [2.05, 4.69) is 19.2 Å². The summed E-state index contributed by atoms with van der Waals surface area (Å²) in [7, 11) is 3.12. The maximum Gasteiger partial charge on any atom is 0.229 e. The Bertz CT molecular complexity index is 861. The monoisotopic (exact) mass is 382 g/mol. The van der Waals surface area contributed by atoms with Gasteiger partial charge in [0.15, 0.2) is 0 Å². The highest BCUT2D eigenvalue weighted by Gasteiger charge is 2.36. The van der Waals surface area contributed by atoms with Gasteiger partial charge in [-0.1, -0.05) is 26.0 Å². The molecular formula is C22H26N2O4. The van der Waals surface area contributed by atoms with Crippen LogP contribution in [-0.2, 0) is 9.59 Å². The van der Waals surface area contributed by atoms with Crippen LogP contribution in [0.4, 0.5) is 11.4 Å². The molecule has 28 heavy (non-hydrogen) atoms. The maximum absolute atomic E-state index is 12.7. The third-order valence-electron chi connectivity index (χ3n) is 5.02. The Labute approximate surface area is 165 Å². The number of anilines is 2. The zero-order chi connectivity index (χ0) is 20.3. The molecule has 0 aromatic heterocycles. The molecule has 148 valence electrons. The van der Waals surface area contributed by atoms with Crippen LogP contribution in [0.15, 0.2) is 42.5 Å². The molecule has 0 unspecified atom stereocenters. The summed E-state index contributed by atoms with van der Waals surface area (Å²) in [6.07, 6.45) is 0.163. The molecule has 1 heterocycles. The second kappa shape index (κ2) is 8.33. The van der Waals surface area contributed by atoms with Crippen LogP contribution >= 0.6 is 0 Å². The lowest BCUT2D eigenvalue weighted by atomic mass is 10.0. The fourth-order valence-corrected chi connectivity index (χ4v) is 3.32. The summed E-state index contributed by atoms with van der Waals surface area (Å²) in [6.45, 7) is 4.55. The van der Waals surface area contributed by atoms with Crippen molar-refractivity contribution in [2.75, 3.05) is 31.0 Å². The molecule has 1 fully saturated rings. The fraction of sp³-hybridized carbons (Fsp3) is 0.364. The normalized spacial score (nSPS) is 16.4. The quantitative estimate of drug-likeness (QED) is 0.825. The van der Waals surface area contributed by atoms with E-state index in [1.165, 1.54) is 5.56 Å². The minimum atomic E-state index is -0.423. The van der Waals surface area contributed by atoms with Crippen LogP contribution in [0.5, 0.6) is 11.5 Å². The first-order valence-corrected chi connectivity index (χ1v) is 9.36. The van der Waals surface area contributed by atoms with Gasteiger partial charge in [0.05, 0.1) is 25.8 Å². The molecule has 2 aromatic carbocycles. The number of nitrogens with one attached hydrogen (secondary N) is 1. The van der Waals surface area contributed by atoms with Crippen LogP contribution in [0.1, 0.15) is 31.7 Å². The Morgan fingerprint density at radius 3 is 2.43 bits per heavy atom. The molecule has 0 spiro atoms. The standard InChI is InChI=1S/C22H26N2O4/c1-14(2)15-5-7-17(8-6-15)23-22(26)16-11-21(25)24(13-16)19-12-18(27-3)9-10-20(19)28-4/h5-10,12,14,16H,11,13H2,1-4H3,(H,23,26)/t16-/m0/s1. The Morgan fingerprint density at radius 2 is 1.82 bits per heavy atom. The van der Waals surface area contributed by atoms with Crippen molar-refractivity contribution in [1.29, 1.82) is 0 Å². The van der Waals surface area contributed by atoms with Crippen molar-refractivity contribution < 1.29 is 19.1 Å². The van der Waals surface area contributed by atoms with E-state index in [0.29, 0.717) is 29.6 Å². The van der Waals surface area contributed by atoms with Gasteiger partial charge in [-0.25, -0.2) is 0 Å². The van der Waals surface area contributed by atoms with Crippen LogP contribution in [0.3, 0.4) is 0 Å². The van der Waals surface area contributed by atoms with Gasteiger partial charge in [0.25, 0.3) is 0 Å². The Balaban J connectivity index is 1.72. The van der Waals surface area contributed by atoms with Crippen molar-refractivity contribution in [2.24, 2.45) is 5.92 Å². The van der Waals surface area contributed by atoms with Crippen molar-refractivity contribution in [3.63, 3.8) is 0 Å². The molecule has 1 atom stereocenters.